The summed E-state index contributed by atoms with van der Waals surface area (Å²) >= 11 is 9.41. The molecular weight excluding hydrogens is 237 g/mol. The summed E-state index contributed by atoms with van der Waals surface area (Å²) in [5.41, 5.74) is 1.15. The Morgan fingerprint density at radius 1 is 1.42 bits per heavy atom. The highest BCUT2D eigenvalue weighted by Gasteiger charge is 2.03. The molecule has 1 heterocycles. The number of hydrogen-bond donors (Lipinski definition) is 0. The third-order valence-corrected chi connectivity index (χ3v) is 2.70. The van der Waals surface area contributed by atoms with Crippen molar-refractivity contribution in [1.29, 1.82) is 0 Å². The Balaban J connectivity index is 2.90. The van der Waals surface area contributed by atoms with Gasteiger partial charge in [0.2, 0.25) is 0 Å². The smallest absolute Gasteiger partial charge is 0.0661 e. The lowest BCUT2D eigenvalue weighted by Crippen LogP contribution is -1.82. The maximum absolute atomic E-state index is 5.99. The van der Waals surface area contributed by atoms with Gasteiger partial charge >= 0.3 is 0 Å². The van der Waals surface area contributed by atoms with Crippen LogP contribution in [0.4, 0.5) is 0 Å². The number of aryl methyl sites for hydroxylation is 1. The number of benzene rings is 1. The highest BCUT2D eigenvalue weighted by molar-refractivity contribution is 9.10. The van der Waals surface area contributed by atoms with Crippen molar-refractivity contribution in [2.75, 3.05) is 0 Å². The van der Waals surface area contributed by atoms with E-state index in [-0.39, 0.29) is 0 Å². The highest BCUT2D eigenvalue weighted by atomic mass is 79.9. The molecule has 0 aliphatic heterocycles. The first kappa shape index (κ1) is 8.14. The van der Waals surface area contributed by atoms with Crippen LogP contribution in [0.15, 0.2) is 28.9 Å². The molecule has 0 spiro atoms. The molecule has 0 aliphatic rings. The van der Waals surface area contributed by atoms with Crippen molar-refractivity contribution in [1.82, 2.24) is 4.57 Å². The van der Waals surface area contributed by atoms with E-state index in [1.165, 1.54) is 0 Å². The van der Waals surface area contributed by atoms with E-state index in [1.807, 2.05) is 29.9 Å². The molecule has 0 amide bonds. The fourth-order valence-electron chi connectivity index (χ4n) is 1.31. The van der Waals surface area contributed by atoms with E-state index in [0.717, 1.165) is 20.4 Å². The lowest BCUT2D eigenvalue weighted by atomic mass is 10.2. The average molecular weight is 245 g/mol. The molecule has 12 heavy (non-hydrogen) atoms. The predicted molar refractivity (Wildman–Crippen MR) is 55.6 cm³/mol. The van der Waals surface area contributed by atoms with Gasteiger partial charge in [-0.15, -0.1) is 0 Å². The van der Waals surface area contributed by atoms with Gasteiger partial charge < -0.3 is 4.57 Å². The van der Waals surface area contributed by atoms with Crippen molar-refractivity contribution in [3.8, 4) is 0 Å². The molecule has 0 radical (unpaired) electrons. The van der Waals surface area contributed by atoms with Gasteiger partial charge in [-0.2, -0.15) is 0 Å². The predicted octanol–water partition coefficient (Wildman–Crippen LogP) is 3.59. The molecule has 0 atom stereocenters. The first-order valence-corrected chi connectivity index (χ1v) is 4.75. The summed E-state index contributed by atoms with van der Waals surface area (Å²) in [6.45, 7) is 0. The van der Waals surface area contributed by atoms with Crippen LogP contribution < -0.4 is 0 Å². The highest BCUT2D eigenvalue weighted by Crippen LogP contribution is 2.27. The molecule has 1 aromatic heterocycles. The minimum absolute atomic E-state index is 0.806. The maximum Gasteiger partial charge on any atom is 0.0661 e. The summed E-state index contributed by atoms with van der Waals surface area (Å²) in [5.74, 6) is 0. The molecule has 2 aromatic rings. The zero-order chi connectivity index (χ0) is 8.72. The summed E-state index contributed by atoms with van der Waals surface area (Å²) in [5, 5.41) is 1.90. The quantitative estimate of drug-likeness (QED) is 0.667. The van der Waals surface area contributed by atoms with Crippen molar-refractivity contribution in [2.45, 2.75) is 0 Å². The summed E-state index contributed by atoms with van der Waals surface area (Å²) in [6, 6.07) is 6.07. The SMILES string of the molecule is Cn1cc(Cl)c2ccc(Br)cc21. The van der Waals surface area contributed by atoms with Gasteiger partial charge in [0, 0.05) is 23.1 Å². The molecule has 0 saturated carbocycles. The number of rotatable bonds is 0. The first-order chi connectivity index (χ1) is 5.68. The minimum Gasteiger partial charge on any atom is -0.349 e. The van der Waals surface area contributed by atoms with E-state index in [4.69, 9.17) is 11.6 Å². The zero-order valence-corrected chi connectivity index (χ0v) is 8.85. The average Bonchev–Trinajstić information content (AvgIpc) is 2.28. The van der Waals surface area contributed by atoms with E-state index in [2.05, 4.69) is 22.0 Å². The summed E-state index contributed by atoms with van der Waals surface area (Å²) in [7, 11) is 1.99. The van der Waals surface area contributed by atoms with Gasteiger partial charge in [0.25, 0.3) is 0 Å². The van der Waals surface area contributed by atoms with E-state index in [0.29, 0.717) is 0 Å². The molecule has 0 saturated heterocycles. The van der Waals surface area contributed by atoms with E-state index >= 15 is 0 Å². The van der Waals surface area contributed by atoms with Crippen LogP contribution in [0.2, 0.25) is 5.02 Å². The lowest BCUT2D eigenvalue weighted by Gasteiger charge is -1.95. The lowest BCUT2D eigenvalue weighted by molar-refractivity contribution is 0.969. The minimum atomic E-state index is 0.806. The summed E-state index contributed by atoms with van der Waals surface area (Å²) in [6.07, 6.45) is 1.92. The van der Waals surface area contributed by atoms with Gasteiger partial charge in [-0.3, -0.25) is 0 Å². The van der Waals surface area contributed by atoms with Crippen molar-refractivity contribution < 1.29 is 0 Å². The summed E-state index contributed by atoms with van der Waals surface area (Å²) < 4.78 is 3.09. The third kappa shape index (κ3) is 1.15. The van der Waals surface area contributed by atoms with Gasteiger partial charge in [-0.25, -0.2) is 0 Å². The second-order valence-electron chi connectivity index (χ2n) is 2.75. The normalized spacial score (nSPS) is 10.9. The molecule has 1 aromatic carbocycles. The number of fused-ring (bicyclic) bond motifs is 1. The molecule has 1 nitrogen and oxygen atoms in total. The summed E-state index contributed by atoms with van der Waals surface area (Å²) in [4.78, 5) is 0. The van der Waals surface area contributed by atoms with Crippen LogP contribution in [0, 0.1) is 0 Å². The standard InChI is InChI=1S/C9H7BrClN/c1-12-5-8(11)7-3-2-6(10)4-9(7)12/h2-5H,1H3. The largest absolute Gasteiger partial charge is 0.349 e. The van der Waals surface area contributed by atoms with Gasteiger partial charge in [0.1, 0.15) is 0 Å². The second-order valence-corrected chi connectivity index (χ2v) is 4.07. The molecule has 0 fully saturated rings. The zero-order valence-electron chi connectivity index (χ0n) is 6.51. The Kier molecular flexibility index (Phi) is 1.89. The van der Waals surface area contributed by atoms with Crippen LogP contribution in [0.5, 0.6) is 0 Å². The Hall–Kier alpha value is -0.470. The van der Waals surface area contributed by atoms with Crippen LogP contribution in [0.1, 0.15) is 0 Å². The molecule has 3 heteroatoms. The fourth-order valence-corrected chi connectivity index (χ4v) is 1.96. The van der Waals surface area contributed by atoms with Gasteiger partial charge in [0.15, 0.2) is 0 Å². The van der Waals surface area contributed by atoms with Gasteiger partial charge in [-0.05, 0) is 12.1 Å². The number of hydrogen-bond acceptors (Lipinski definition) is 0. The van der Waals surface area contributed by atoms with Crippen LogP contribution in [0.3, 0.4) is 0 Å². The number of aromatic nitrogens is 1. The molecule has 0 aliphatic carbocycles. The molecule has 0 bridgehead atoms. The van der Waals surface area contributed by atoms with Crippen LogP contribution in [-0.2, 0) is 7.05 Å². The maximum atomic E-state index is 5.99. The first-order valence-electron chi connectivity index (χ1n) is 3.58. The third-order valence-electron chi connectivity index (χ3n) is 1.90. The van der Waals surface area contributed by atoms with Crippen molar-refractivity contribution in [2.24, 2.45) is 7.05 Å². The van der Waals surface area contributed by atoms with E-state index in [9.17, 15) is 0 Å². The van der Waals surface area contributed by atoms with Crippen molar-refractivity contribution >= 4 is 38.4 Å². The molecule has 0 N–H and O–H groups in total. The van der Waals surface area contributed by atoms with Crippen molar-refractivity contribution in [3.05, 3.63) is 33.9 Å². The van der Waals surface area contributed by atoms with E-state index < -0.39 is 0 Å². The molecular formula is C9H7BrClN. The fraction of sp³-hybridized carbons (Fsp3) is 0.111. The Morgan fingerprint density at radius 3 is 2.92 bits per heavy atom. The number of halogens is 2. The van der Waals surface area contributed by atoms with Crippen LogP contribution in [0.25, 0.3) is 10.9 Å². The Morgan fingerprint density at radius 2 is 2.17 bits per heavy atom. The molecule has 62 valence electrons. The Bertz CT molecular complexity index is 433. The topological polar surface area (TPSA) is 4.93 Å². The van der Waals surface area contributed by atoms with E-state index in [1.54, 1.807) is 0 Å². The van der Waals surface area contributed by atoms with Crippen LogP contribution >= 0.6 is 27.5 Å². The van der Waals surface area contributed by atoms with Gasteiger partial charge in [-0.1, -0.05) is 33.6 Å². The number of nitrogens with zero attached hydrogens (tertiary/aromatic N) is 1. The monoisotopic (exact) mass is 243 g/mol. The Labute approximate surface area is 84.1 Å². The van der Waals surface area contributed by atoms with Crippen LogP contribution in [-0.4, -0.2) is 4.57 Å². The molecule has 0 unspecified atom stereocenters. The van der Waals surface area contributed by atoms with Crippen molar-refractivity contribution in [3.63, 3.8) is 0 Å². The molecule has 2 rings (SSSR count). The second kappa shape index (κ2) is 2.79. The van der Waals surface area contributed by atoms with Gasteiger partial charge in [0.05, 0.1) is 10.5 Å².